The first-order valence-corrected chi connectivity index (χ1v) is 11.0. The Hall–Kier alpha value is -3.07. The number of rotatable bonds is 5. The lowest BCUT2D eigenvalue weighted by Crippen LogP contribution is -2.34. The molecular weight excluding hydrogens is 436 g/mol. The van der Waals surface area contributed by atoms with Gasteiger partial charge in [-0.3, -0.25) is 9.36 Å². The van der Waals surface area contributed by atoms with Gasteiger partial charge in [-0.2, -0.15) is 10.2 Å². The van der Waals surface area contributed by atoms with Crippen molar-refractivity contribution in [3.63, 3.8) is 0 Å². The van der Waals surface area contributed by atoms with Crippen LogP contribution in [0.2, 0.25) is 0 Å². The molecule has 9 heteroatoms. The molecule has 4 heterocycles. The first-order valence-electron chi connectivity index (χ1n) is 11.0. The topological polar surface area (TPSA) is 99.5 Å². The maximum absolute atomic E-state index is 6.83. The van der Waals surface area contributed by atoms with Crippen LogP contribution in [0, 0.1) is 5.92 Å². The number of hydrogen-bond donors (Lipinski definition) is 2. The lowest BCUT2D eigenvalue weighted by molar-refractivity contribution is 0.319. The van der Waals surface area contributed by atoms with Crippen LogP contribution in [0.5, 0.6) is 0 Å². The normalized spacial score (nSPS) is 15.2. The lowest BCUT2D eigenvalue weighted by atomic mass is 9.86. The molecule has 1 fully saturated rings. The highest BCUT2D eigenvalue weighted by Crippen LogP contribution is 2.34. The summed E-state index contributed by atoms with van der Waals surface area (Å²) in [4.78, 5) is 9.76. The van der Waals surface area contributed by atoms with E-state index in [1.54, 1.807) is 9.36 Å². The molecule has 0 bridgehead atoms. The van der Waals surface area contributed by atoms with Gasteiger partial charge >= 0.3 is 0 Å². The van der Waals surface area contributed by atoms with Gasteiger partial charge < -0.3 is 11.1 Å². The number of nitrogens with two attached hydrogens (primary N) is 1. The summed E-state index contributed by atoms with van der Waals surface area (Å²) in [5.41, 5.74) is 12.8. The Morgan fingerprint density at radius 1 is 0.939 bits per heavy atom. The third kappa shape index (κ3) is 4.83. The number of halogens is 1. The quantitative estimate of drug-likeness (QED) is 0.469. The summed E-state index contributed by atoms with van der Waals surface area (Å²) in [6.45, 7) is 1.98. The van der Waals surface area contributed by atoms with E-state index in [1.807, 2.05) is 57.2 Å². The van der Waals surface area contributed by atoms with E-state index >= 15 is 0 Å². The Bertz CT molecular complexity index is 1220. The predicted octanol–water partition coefficient (Wildman–Crippen LogP) is 3.37. The zero-order valence-electron chi connectivity index (χ0n) is 18.8. The van der Waals surface area contributed by atoms with E-state index in [0.29, 0.717) is 11.7 Å². The molecule has 4 aromatic rings. The SMILES string of the molecule is Cl.Cn1cc(-c2cccc(-c3ncc(-c4cnn(C)c4)c(C(N)C4CCNCC4)n3)c2)cn1. The van der Waals surface area contributed by atoms with Crippen molar-refractivity contribution in [3.05, 3.63) is 60.9 Å². The van der Waals surface area contributed by atoms with Crippen LogP contribution >= 0.6 is 12.4 Å². The van der Waals surface area contributed by atoms with Crippen LogP contribution < -0.4 is 11.1 Å². The Morgan fingerprint density at radius 2 is 1.61 bits per heavy atom. The molecule has 172 valence electrons. The summed E-state index contributed by atoms with van der Waals surface area (Å²) in [7, 11) is 3.83. The molecular formula is C24H29ClN8. The summed E-state index contributed by atoms with van der Waals surface area (Å²) in [6, 6.07) is 8.10. The van der Waals surface area contributed by atoms with Gasteiger partial charge in [-0.1, -0.05) is 18.2 Å². The zero-order chi connectivity index (χ0) is 22.1. The molecule has 1 unspecified atom stereocenters. The molecule has 5 rings (SSSR count). The standard InChI is InChI=1S/C24H28N8.ClH/c1-31-14-19(11-28-31)17-4-3-5-18(10-17)24-27-13-21(20-12-29-32(2)15-20)23(30-24)22(25)16-6-8-26-9-7-16;/h3-5,10-16,22,26H,6-9,25H2,1-2H3;1H. The van der Waals surface area contributed by atoms with Crippen LogP contribution in [0.25, 0.3) is 33.6 Å². The van der Waals surface area contributed by atoms with Crippen LogP contribution in [-0.4, -0.2) is 42.6 Å². The summed E-state index contributed by atoms with van der Waals surface area (Å²) in [5.74, 6) is 1.07. The minimum atomic E-state index is -0.157. The first-order chi connectivity index (χ1) is 15.6. The predicted molar refractivity (Wildman–Crippen MR) is 132 cm³/mol. The number of nitrogens with one attached hydrogen (secondary N) is 1. The van der Waals surface area contributed by atoms with E-state index in [4.69, 9.17) is 15.7 Å². The zero-order valence-corrected chi connectivity index (χ0v) is 19.7. The highest BCUT2D eigenvalue weighted by Gasteiger charge is 2.26. The lowest BCUT2D eigenvalue weighted by Gasteiger charge is -2.28. The van der Waals surface area contributed by atoms with Gasteiger partial charge in [0.05, 0.1) is 24.1 Å². The summed E-state index contributed by atoms with van der Waals surface area (Å²) < 4.78 is 3.60. The van der Waals surface area contributed by atoms with Crippen LogP contribution in [-0.2, 0) is 14.1 Å². The molecule has 0 saturated carbocycles. The monoisotopic (exact) mass is 464 g/mol. The van der Waals surface area contributed by atoms with Crippen molar-refractivity contribution in [2.45, 2.75) is 18.9 Å². The highest BCUT2D eigenvalue weighted by atomic mass is 35.5. The van der Waals surface area contributed by atoms with E-state index in [1.165, 1.54) is 0 Å². The third-order valence-electron chi connectivity index (χ3n) is 6.20. The van der Waals surface area contributed by atoms with Crippen LogP contribution in [0.4, 0.5) is 0 Å². The molecule has 1 aliphatic rings. The molecule has 3 N–H and O–H groups in total. The second kappa shape index (κ2) is 9.82. The van der Waals surface area contributed by atoms with E-state index in [2.05, 4.69) is 27.6 Å². The maximum Gasteiger partial charge on any atom is 0.159 e. The van der Waals surface area contributed by atoms with Crippen LogP contribution in [0.15, 0.2) is 55.2 Å². The van der Waals surface area contributed by atoms with Gasteiger partial charge in [0.2, 0.25) is 0 Å². The van der Waals surface area contributed by atoms with Gasteiger partial charge in [0.1, 0.15) is 0 Å². The van der Waals surface area contributed by atoms with Crippen molar-refractivity contribution in [1.29, 1.82) is 0 Å². The van der Waals surface area contributed by atoms with Gasteiger partial charge in [0, 0.05) is 54.9 Å². The molecule has 0 amide bonds. The molecule has 33 heavy (non-hydrogen) atoms. The largest absolute Gasteiger partial charge is 0.322 e. The van der Waals surface area contributed by atoms with Crippen molar-refractivity contribution in [3.8, 4) is 33.6 Å². The second-order valence-electron chi connectivity index (χ2n) is 8.49. The second-order valence-corrected chi connectivity index (χ2v) is 8.49. The summed E-state index contributed by atoms with van der Waals surface area (Å²) >= 11 is 0. The number of aryl methyl sites for hydroxylation is 2. The van der Waals surface area contributed by atoms with Gasteiger partial charge in [-0.15, -0.1) is 12.4 Å². The average molecular weight is 465 g/mol. The highest BCUT2D eigenvalue weighted by molar-refractivity contribution is 5.85. The molecule has 0 spiro atoms. The fourth-order valence-electron chi connectivity index (χ4n) is 4.41. The molecule has 1 atom stereocenters. The van der Waals surface area contributed by atoms with Gasteiger partial charge in [0.25, 0.3) is 0 Å². The Balaban J connectivity index is 0.00000259. The molecule has 8 nitrogen and oxygen atoms in total. The number of piperidine rings is 1. The molecule has 0 radical (unpaired) electrons. The van der Waals surface area contributed by atoms with E-state index < -0.39 is 0 Å². The number of benzene rings is 1. The fraction of sp³-hybridized carbons (Fsp3) is 0.333. The molecule has 1 saturated heterocycles. The first kappa shape index (κ1) is 23.1. The molecule has 1 aliphatic heterocycles. The average Bonchev–Trinajstić information content (AvgIpc) is 3.47. The minimum Gasteiger partial charge on any atom is -0.322 e. The van der Waals surface area contributed by atoms with Crippen molar-refractivity contribution in [1.82, 2.24) is 34.8 Å². The Kier molecular flexibility index (Phi) is 6.88. The smallest absolute Gasteiger partial charge is 0.159 e. The van der Waals surface area contributed by atoms with Crippen molar-refractivity contribution in [2.24, 2.45) is 25.7 Å². The van der Waals surface area contributed by atoms with Gasteiger partial charge in [-0.05, 0) is 43.5 Å². The van der Waals surface area contributed by atoms with Crippen molar-refractivity contribution < 1.29 is 0 Å². The van der Waals surface area contributed by atoms with E-state index in [9.17, 15) is 0 Å². The van der Waals surface area contributed by atoms with Crippen molar-refractivity contribution in [2.75, 3.05) is 13.1 Å². The summed E-state index contributed by atoms with van der Waals surface area (Å²) in [6.07, 6.45) is 11.7. The molecule has 3 aromatic heterocycles. The third-order valence-corrected chi connectivity index (χ3v) is 6.20. The van der Waals surface area contributed by atoms with E-state index in [0.717, 1.165) is 59.4 Å². The number of aromatic nitrogens is 6. The van der Waals surface area contributed by atoms with Crippen LogP contribution in [0.1, 0.15) is 24.6 Å². The van der Waals surface area contributed by atoms with Crippen molar-refractivity contribution >= 4 is 12.4 Å². The molecule has 1 aromatic carbocycles. The molecule has 0 aliphatic carbocycles. The fourth-order valence-corrected chi connectivity index (χ4v) is 4.41. The van der Waals surface area contributed by atoms with Gasteiger partial charge in [0.15, 0.2) is 5.82 Å². The van der Waals surface area contributed by atoms with E-state index in [-0.39, 0.29) is 18.4 Å². The minimum absolute atomic E-state index is 0. The number of hydrogen-bond acceptors (Lipinski definition) is 6. The van der Waals surface area contributed by atoms with Crippen LogP contribution in [0.3, 0.4) is 0 Å². The summed E-state index contributed by atoms with van der Waals surface area (Å²) in [5, 5.41) is 12.0. The Labute approximate surface area is 199 Å². The maximum atomic E-state index is 6.83. The van der Waals surface area contributed by atoms with Gasteiger partial charge in [-0.25, -0.2) is 9.97 Å². The number of nitrogens with zero attached hydrogens (tertiary/aromatic N) is 6. The Morgan fingerprint density at radius 3 is 2.27 bits per heavy atom.